The van der Waals surface area contributed by atoms with Crippen LogP contribution in [0.5, 0.6) is 0 Å². The molecule has 4 rings (SSSR count). The number of carbonyl (C=O) groups is 1. The Morgan fingerprint density at radius 2 is 1.86 bits per heavy atom. The molecule has 2 aromatic heterocycles. The van der Waals surface area contributed by atoms with Crippen molar-refractivity contribution in [2.75, 3.05) is 31.1 Å². The van der Waals surface area contributed by atoms with Crippen molar-refractivity contribution in [2.45, 2.75) is 19.8 Å². The molecule has 6 nitrogen and oxygen atoms in total. The van der Waals surface area contributed by atoms with E-state index in [4.69, 9.17) is 0 Å². The number of anilines is 1. The highest BCUT2D eigenvalue weighted by atomic mass is 32.1. The van der Waals surface area contributed by atoms with E-state index in [0.29, 0.717) is 18.7 Å². The number of nitrogens with zero attached hydrogens (tertiary/aromatic N) is 5. The Hall–Kier alpha value is -2.74. The fraction of sp³-hybridized carbons (Fsp3) is 0.350. The van der Waals surface area contributed by atoms with E-state index in [1.54, 1.807) is 40.5 Å². The zero-order valence-corrected chi connectivity index (χ0v) is 16.7. The van der Waals surface area contributed by atoms with E-state index < -0.39 is 0 Å². The number of aromatic nitrogens is 3. The third-order valence-corrected chi connectivity index (χ3v) is 5.74. The Kier molecular flexibility index (Phi) is 5.13. The van der Waals surface area contributed by atoms with Gasteiger partial charge in [-0.2, -0.15) is 5.10 Å². The highest BCUT2D eigenvalue weighted by molar-refractivity contribution is 7.13. The summed E-state index contributed by atoms with van der Waals surface area (Å²) < 4.78 is 15.0. The van der Waals surface area contributed by atoms with Crippen molar-refractivity contribution in [2.24, 2.45) is 0 Å². The third-order valence-electron chi connectivity index (χ3n) is 4.91. The second-order valence-electron chi connectivity index (χ2n) is 7.08. The topological polar surface area (TPSA) is 54.3 Å². The number of benzene rings is 1. The summed E-state index contributed by atoms with van der Waals surface area (Å²) in [6.45, 7) is 6.91. The van der Waals surface area contributed by atoms with Crippen LogP contribution >= 0.6 is 11.3 Å². The number of carbonyl (C=O) groups excluding carboxylic acids is 1. The number of halogens is 1. The predicted molar refractivity (Wildman–Crippen MR) is 108 cm³/mol. The van der Waals surface area contributed by atoms with Gasteiger partial charge in [0.1, 0.15) is 5.82 Å². The standard InChI is InChI=1S/C20H22FN5OS/c1-14(2)18-17(13-23-26(18)16-5-3-15(21)4-6-16)19(27)24-8-10-25(11-9-24)20-22-7-12-28-20/h3-7,12-14H,8-11H2,1-2H3. The first-order valence-corrected chi connectivity index (χ1v) is 10.2. The van der Waals surface area contributed by atoms with Crippen LogP contribution in [0.3, 0.4) is 0 Å². The molecule has 3 heterocycles. The molecule has 1 amide bonds. The summed E-state index contributed by atoms with van der Waals surface area (Å²) in [4.78, 5) is 21.6. The summed E-state index contributed by atoms with van der Waals surface area (Å²) in [6.07, 6.45) is 3.44. The van der Waals surface area contributed by atoms with Gasteiger partial charge in [-0.1, -0.05) is 13.8 Å². The maximum atomic E-state index is 13.3. The minimum atomic E-state index is -0.295. The van der Waals surface area contributed by atoms with E-state index >= 15 is 0 Å². The Balaban J connectivity index is 1.55. The molecule has 0 unspecified atom stereocenters. The smallest absolute Gasteiger partial charge is 0.257 e. The zero-order chi connectivity index (χ0) is 19.7. The van der Waals surface area contributed by atoms with E-state index in [0.717, 1.165) is 29.6 Å². The highest BCUT2D eigenvalue weighted by Gasteiger charge is 2.28. The maximum absolute atomic E-state index is 13.3. The number of thiazole rings is 1. The van der Waals surface area contributed by atoms with Gasteiger partial charge in [-0.3, -0.25) is 4.79 Å². The van der Waals surface area contributed by atoms with Crippen molar-refractivity contribution >= 4 is 22.4 Å². The summed E-state index contributed by atoms with van der Waals surface area (Å²) in [5, 5.41) is 7.40. The molecule has 1 aromatic carbocycles. The van der Waals surface area contributed by atoms with Crippen molar-refractivity contribution in [3.63, 3.8) is 0 Å². The van der Waals surface area contributed by atoms with Gasteiger partial charge >= 0.3 is 0 Å². The molecule has 1 saturated heterocycles. The normalized spacial score (nSPS) is 14.7. The zero-order valence-electron chi connectivity index (χ0n) is 15.9. The molecular weight excluding hydrogens is 377 g/mol. The van der Waals surface area contributed by atoms with Crippen LogP contribution in [-0.2, 0) is 0 Å². The number of rotatable bonds is 4. The predicted octanol–water partition coefficient (Wildman–Crippen LogP) is 3.55. The minimum Gasteiger partial charge on any atom is -0.345 e. The van der Waals surface area contributed by atoms with Crippen molar-refractivity contribution < 1.29 is 9.18 Å². The number of piperazine rings is 1. The summed E-state index contributed by atoms with van der Waals surface area (Å²) in [5.74, 6) is -0.199. The lowest BCUT2D eigenvalue weighted by Gasteiger charge is -2.34. The molecule has 0 radical (unpaired) electrons. The van der Waals surface area contributed by atoms with Crippen LogP contribution in [0.25, 0.3) is 5.69 Å². The van der Waals surface area contributed by atoms with Gasteiger partial charge in [-0.15, -0.1) is 11.3 Å². The van der Waals surface area contributed by atoms with Crippen molar-refractivity contribution in [3.8, 4) is 5.69 Å². The van der Waals surface area contributed by atoms with Crippen molar-refractivity contribution in [1.29, 1.82) is 0 Å². The summed E-state index contributed by atoms with van der Waals surface area (Å²) in [6, 6.07) is 6.16. The Labute approximate surface area is 167 Å². The second kappa shape index (κ2) is 7.71. The van der Waals surface area contributed by atoms with Gasteiger partial charge in [0.2, 0.25) is 0 Å². The molecule has 1 fully saturated rings. The first-order chi connectivity index (χ1) is 13.5. The van der Waals surface area contributed by atoms with E-state index in [1.807, 2.05) is 24.1 Å². The van der Waals surface area contributed by atoms with Crippen LogP contribution in [-0.4, -0.2) is 51.8 Å². The van der Waals surface area contributed by atoms with E-state index in [-0.39, 0.29) is 17.6 Å². The molecule has 28 heavy (non-hydrogen) atoms. The van der Waals surface area contributed by atoms with E-state index in [2.05, 4.69) is 15.0 Å². The largest absolute Gasteiger partial charge is 0.345 e. The van der Waals surface area contributed by atoms with Crippen molar-refractivity contribution in [1.82, 2.24) is 19.7 Å². The second-order valence-corrected chi connectivity index (χ2v) is 7.95. The van der Waals surface area contributed by atoms with Crippen LogP contribution in [0.4, 0.5) is 9.52 Å². The Morgan fingerprint density at radius 3 is 2.46 bits per heavy atom. The lowest BCUT2D eigenvalue weighted by molar-refractivity contribution is 0.0745. The van der Waals surface area contributed by atoms with Gasteiger partial charge in [0.15, 0.2) is 5.13 Å². The van der Waals surface area contributed by atoms with Crippen LogP contribution in [0, 0.1) is 5.82 Å². The number of hydrogen-bond donors (Lipinski definition) is 0. The van der Waals surface area contributed by atoms with Gasteiger partial charge in [0.05, 0.1) is 23.1 Å². The minimum absolute atomic E-state index is 0.00384. The fourth-order valence-electron chi connectivity index (χ4n) is 3.51. The van der Waals surface area contributed by atoms with Gasteiger partial charge in [-0.25, -0.2) is 14.1 Å². The molecule has 146 valence electrons. The Morgan fingerprint density at radius 1 is 1.14 bits per heavy atom. The SMILES string of the molecule is CC(C)c1c(C(=O)N2CCN(c3nccs3)CC2)cnn1-c1ccc(F)cc1. The van der Waals surface area contributed by atoms with Crippen LogP contribution in [0.15, 0.2) is 42.0 Å². The fourth-order valence-corrected chi connectivity index (χ4v) is 4.21. The lowest BCUT2D eigenvalue weighted by Crippen LogP contribution is -2.49. The quantitative estimate of drug-likeness (QED) is 0.673. The molecule has 0 saturated carbocycles. The summed E-state index contributed by atoms with van der Waals surface area (Å²) in [5.41, 5.74) is 2.21. The van der Waals surface area contributed by atoms with E-state index in [9.17, 15) is 9.18 Å². The van der Waals surface area contributed by atoms with Gasteiger partial charge in [-0.05, 0) is 30.2 Å². The lowest BCUT2D eigenvalue weighted by atomic mass is 10.0. The summed E-state index contributed by atoms with van der Waals surface area (Å²) >= 11 is 1.62. The molecule has 0 atom stereocenters. The Bertz CT molecular complexity index is 944. The molecule has 0 bridgehead atoms. The van der Waals surface area contributed by atoms with Crippen molar-refractivity contribution in [3.05, 3.63) is 59.1 Å². The average molecular weight is 399 g/mol. The van der Waals surface area contributed by atoms with E-state index in [1.165, 1.54) is 12.1 Å². The molecule has 1 aliphatic heterocycles. The van der Waals surface area contributed by atoms with Crippen LogP contribution in [0.2, 0.25) is 0 Å². The summed E-state index contributed by atoms with van der Waals surface area (Å²) in [7, 11) is 0. The highest BCUT2D eigenvalue weighted by Crippen LogP contribution is 2.25. The molecule has 0 N–H and O–H groups in total. The molecule has 0 spiro atoms. The molecule has 0 aliphatic carbocycles. The molecular formula is C20H22FN5OS. The van der Waals surface area contributed by atoms with Crippen LogP contribution < -0.4 is 4.90 Å². The number of amides is 1. The molecule has 3 aromatic rings. The van der Waals surface area contributed by atoms with Gasteiger partial charge in [0.25, 0.3) is 5.91 Å². The molecule has 8 heteroatoms. The first-order valence-electron chi connectivity index (χ1n) is 9.32. The third kappa shape index (κ3) is 3.52. The van der Waals surface area contributed by atoms with Gasteiger partial charge < -0.3 is 9.80 Å². The first kappa shape index (κ1) is 18.6. The van der Waals surface area contributed by atoms with Crippen LogP contribution in [0.1, 0.15) is 35.8 Å². The maximum Gasteiger partial charge on any atom is 0.257 e. The van der Waals surface area contributed by atoms with Gasteiger partial charge in [0, 0.05) is 37.8 Å². The number of hydrogen-bond acceptors (Lipinski definition) is 5. The monoisotopic (exact) mass is 399 g/mol. The average Bonchev–Trinajstić information content (AvgIpc) is 3.38. The molecule has 1 aliphatic rings.